The summed E-state index contributed by atoms with van der Waals surface area (Å²) in [5.41, 5.74) is 3.55. The number of benzene rings is 2. The zero-order chi connectivity index (χ0) is 25.8. The molecule has 36 heavy (non-hydrogen) atoms. The molecule has 9 nitrogen and oxygen atoms in total. The number of nitrogens with zero attached hydrogens (tertiary/aromatic N) is 3. The summed E-state index contributed by atoms with van der Waals surface area (Å²) in [6.45, 7) is 10.8. The van der Waals surface area contributed by atoms with E-state index in [1.807, 2.05) is 57.4 Å². The van der Waals surface area contributed by atoms with E-state index >= 15 is 0 Å². The molecule has 0 radical (unpaired) electrons. The van der Waals surface area contributed by atoms with E-state index in [0.29, 0.717) is 34.6 Å². The standard InChI is InChI=1S/C26H31N5O4S/c1-6-31-24(23(15(2)3)28-25(33)18-8-10-20-21(12-18)35-14-34-20)29-30-26(31)36-13-22(32)27-19-9-7-16(4)17(5)11-19/h7-12,15,23H,6,13-14H2,1-5H3,(H,27,32)(H,28,33). The van der Waals surface area contributed by atoms with Gasteiger partial charge < -0.3 is 24.7 Å². The van der Waals surface area contributed by atoms with Crippen molar-refractivity contribution in [2.24, 2.45) is 5.92 Å². The number of hydrogen-bond donors (Lipinski definition) is 2. The van der Waals surface area contributed by atoms with Crippen LogP contribution >= 0.6 is 11.8 Å². The Balaban J connectivity index is 1.44. The molecule has 10 heteroatoms. The lowest BCUT2D eigenvalue weighted by Gasteiger charge is -2.22. The Morgan fingerprint density at radius 1 is 1.06 bits per heavy atom. The Morgan fingerprint density at radius 3 is 2.56 bits per heavy atom. The second-order valence-electron chi connectivity index (χ2n) is 8.98. The molecule has 2 heterocycles. The molecule has 0 saturated heterocycles. The molecule has 2 N–H and O–H groups in total. The number of anilines is 1. The Hall–Kier alpha value is -3.53. The third-order valence-electron chi connectivity index (χ3n) is 6.05. The third-order valence-corrected chi connectivity index (χ3v) is 7.02. The Morgan fingerprint density at radius 2 is 1.83 bits per heavy atom. The first kappa shape index (κ1) is 25.6. The summed E-state index contributed by atoms with van der Waals surface area (Å²) < 4.78 is 12.7. The minimum Gasteiger partial charge on any atom is -0.454 e. The van der Waals surface area contributed by atoms with Gasteiger partial charge in [-0.3, -0.25) is 9.59 Å². The van der Waals surface area contributed by atoms with Crippen LogP contribution in [0.25, 0.3) is 0 Å². The number of fused-ring (bicyclic) bond motifs is 1. The van der Waals surface area contributed by atoms with Gasteiger partial charge in [0.05, 0.1) is 11.8 Å². The number of amides is 2. The van der Waals surface area contributed by atoms with E-state index in [1.54, 1.807) is 18.2 Å². The largest absolute Gasteiger partial charge is 0.454 e. The molecule has 2 aromatic carbocycles. The van der Waals surface area contributed by atoms with E-state index in [1.165, 1.54) is 17.3 Å². The Kier molecular flexibility index (Phi) is 7.83. The minimum absolute atomic E-state index is 0.0587. The number of thioether (sulfide) groups is 1. The van der Waals surface area contributed by atoms with Crippen molar-refractivity contribution in [2.75, 3.05) is 17.9 Å². The van der Waals surface area contributed by atoms with Gasteiger partial charge in [-0.25, -0.2) is 0 Å². The van der Waals surface area contributed by atoms with Crippen LogP contribution in [0.15, 0.2) is 41.6 Å². The van der Waals surface area contributed by atoms with Crippen LogP contribution < -0.4 is 20.1 Å². The van der Waals surface area contributed by atoms with Gasteiger partial charge in [0.25, 0.3) is 5.91 Å². The van der Waals surface area contributed by atoms with E-state index < -0.39 is 0 Å². The number of ether oxygens (including phenoxy) is 2. The summed E-state index contributed by atoms with van der Waals surface area (Å²) in [5.74, 6) is 1.73. The number of nitrogens with one attached hydrogen (secondary N) is 2. The average Bonchev–Trinajstić information content (AvgIpc) is 3.49. The molecule has 1 atom stereocenters. The van der Waals surface area contributed by atoms with Gasteiger partial charge in [-0.1, -0.05) is 31.7 Å². The SMILES string of the molecule is CCn1c(SCC(=O)Nc2ccc(C)c(C)c2)nnc1C(NC(=O)c1ccc2c(c1)OCO2)C(C)C. The smallest absolute Gasteiger partial charge is 0.252 e. The predicted molar refractivity (Wildman–Crippen MR) is 139 cm³/mol. The van der Waals surface area contributed by atoms with Crippen LogP contribution in [0.5, 0.6) is 11.5 Å². The first-order chi connectivity index (χ1) is 17.3. The van der Waals surface area contributed by atoms with E-state index in [9.17, 15) is 9.59 Å². The van der Waals surface area contributed by atoms with Crippen LogP contribution in [0.3, 0.4) is 0 Å². The number of aryl methyl sites for hydroxylation is 2. The van der Waals surface area contributed by atoms with E-state index in [-0.39, 0.29) is 36.3 Å². The van der Waals surface area contributed by atoms with Gasteiger partial charge in [0.2, 0.25) is 12.7 Å². The lowest BCUT2D eigenvalue weighted by atomic mass is 10.0. The average molecular weight is 510 g/mol. The highest BCUT2D eigenvalue weighted by atomic mass is 32.2. The molecule has 0 aliphatic carbocycles. The number of carbonyl (C=O) groups excluding carboxylic acids is 2. The number of rotatable bonds is 9. The first-order valence-corrected chi connectivity index (χ1v) is 12.9. The molecule has 1 aliphatic rings. The van der Waals surface area contributed by atoms with Gasteiger partial charge in [-0.15, -0.1) is 10.2 Å². The second-order valence-corrected chi connectivity index (χ2v) is 9.93. The van der Waals surface area contributed by atoms with Gasteiger partial charge in [0.15, 0.2) is 22.5 Å². The molecule has 0 spiro atoms. The summed E-state index contributed by atoms with van der Waals surface area (Å²) in [6.07, 6.45) is 0. The predicted octanol–water partition coefficient (Wildman–Crippen LogP) is 4.50. The van der Waals surface area contributed by atoms with Crippen molar-refractivity contribution in [3.63, 3.8) is 0 Å². The molecule has 1 unspecified atom stereocenters. The van der Waals surface area contributed by atoms with Crippen LogP contribution in [-0.2, 0) is 11.3 Å². The molecule has 1 aromatic heterocycles. The molecule has 0 fully saturated rings. The minimum atomic E-state index is -0.367. The molecule has 1 aliphatic heterocycles. The lowest BCUT2D eigenvalue weighted by Crippen LogP contribution is -2.33. The maximum absolute atomic E-state index is 13.0. The van der Waals surface area contributed by atoms with Crippen molar-refractivity contribution in [3.8, 4) is 11.5 Å². The third kappa shape index (κ3) is 5.64. The van der Waals surface area contributed by atoms with E-state index in [0.717, 1.165) is 11.3 Å². The normalized spacial score (nSPS) is 13.1. The van der Waals surface area contributed by atoms with Gasteiger partial charge in [-0.05, 0) is 68.1 Å². The van der Waals surface area contributed by atoms with Gasteiger partial charge in [0.1, 0.15) is 0 Å². The zero-order valence-corrected chi connectivity index (χ0v) is 21.9. The maximum atomic E-state index is 13.0. The van der Waals surface area contributed by atoms with Crippen molar-refractivity contribution < 1.29 is 19.1 Å². The Labute approximate surface area is 215 Å². The van der Waals surface area contributed by atoms with Crippen LogP contribution in [0, 0.1) is 19.8 Å². The molecule has 0 bridgehead atoms. The summed E-state index contributed by atoms with van der Waals surface area (Å²) in [5, 5.41) is 15.4. The highest BCUT2D eigenvalue weighted by Gasteiger charge is 2.27. The van der Waals surface area contributed by atoms with E-state index in [2.05, 4.69) is 20.8 Å². The summed E-state index contributed by atoms with van der Waals surface area (Å²) >= 11 is 1.32. The Bertz CT molecular complexity index is 1270. The van der Waals surface area contributed by atoms with Crippen LogP contribution in [0.1, 0.15) is 54.1 Å². The molecule has 4 rings (SSSR count). The van der Waals surface area contributed by atoms with Gasteiger partial charge in [-0.2, -0.15) is 0 Å². The fraction of sp³-hybridized carbons (Fsp3) is 0.385. The number of hydrogen-bond acceptors (Lipinski definition) is 7. The fourth-order valence-corrected chi connectivity index (χ4v) is 4.68. The quantitative estimate of drug-likeness (QED) is 0.409. The fourth-order valence-electron chi connectivity index (χ4n) is 3.87. The second kappa shape index (κ2) is 11.0. The highest BCUT2D eigenvalue weighted by Crippen LogP contribution is 2.33. The molecule has 190 valence electrons. The molecule has 0 saturated carbocycles. The number of aromatic nitrogens is 3. The van der Waals surface area contributed by atoms with Crippen molar-refractivity contribution >= 4 is 29.3 Å². The van der Waals surface area contributed by atoms with Gasteiger partial charge in [0, 0.05) is 17.8 Å². The van der Waals surface area contributed by atoms with Crippen molar-refractivity contribution in [3.05, 3.63) is 58.9 Å². The number of carbonyl (C=O) groups is 2. The highest BCUT2D eigenvalue weighted by molar-refractivity contribution is 7.99. The molecule has 2 amide bonds. The van der Waals surface area contributed by atoms with Crippen LogP contribution in [0.2, 0.25) is 0 Å². The zero-order valence-electron chi connectivity index (χ0n) is 21.1. The molecule has 3 aromatic rings. The van der Waals surface area contributed by atoms with Crippen LogP contribution in [0.4, 0.5) is 5.69 Å². The van der Waals surface area contributed by atoms with Crippen molar-refractivity contribution in [2.45, 2.75) is 52.4 Å². The summed E-state index contributed by atoms with van der Waals surface area (Å²) in [7, 11) is 0. The summed E-state index contributed by atoms with van der Waals surface area (Å²) in [4.78, 5) is 25.6. The van der Waals surface area contributed by atoms with Crippen LogP contribution in [-0.4, -0.2) is 39.1 Å². The lowest BCUT2D eigenvalue weighted by molar-refractivity contribution is -0.113. The van der Waals surface area contributed by atoms with Crippen molar-refractivity contribution in [1.82, 2.24) is 20.1 Å². The molecular formula is C26H31N5O4S. The molecular weight excluding hydrogens is 478 g/mol. The topological polar surface area (TPSA) is 107 Å². The van der Waals surface area contributed by atoms with Gasteiger partial charge >= 0.3 is 0 Å². The monoisotopic (exact) mass is 509 g/mol. The first-order valence-electron chi connectivity index (χ1n) is 11.9. The van der Waals surface area contributed by atoms with Crippen molar-refractivity contribution in [1.29, 1.82) is 0 Å². The summed E-state index contributed by atoms with van der Waals surface area (Å²) in [6, 6.07) is 10.6. The van der Waals surface area contributed by atoms with E-state index in [4.69, 9.17) is 9.47 Å². The maximum Gasteiger partial charge on any atom is 0.252 e.